The van der Waals surface area contributed by atoms with Crippen molar-refractivity contribution in [1.29, 1.82) is 0 Å². The highest BCUT2D eigenvalue weighted by Gasteiger charge is 2.08. The van der Waals surface area contributed by atoms with Crippen molar-refractivity contribution in [3.05, 3.63) is 35.5 Å². The minimum absolute atomic E-state index is 0.410. The van der Waals surface area contributed by atoms with Gasteiger partial charge in [-0.2, -0.15) is 5.10 Å². The van der Waals surface area contributed by atoms with Gasteiger partial charge in [0.05, 0.1) is 23.8 Å². The van der Waals surface area contributed by atoms with E-state index in [1.807, 2.05) is 4.68 Å². The zero-order chi connectivity index (χ0) is 12.3. The van der Waals surface area contributed by atoms with E-state index in [9.17, 15) is 0 Å². The lowest BCUT2D eigenvalue weighted by molar-refractivity contribution is 0.762. The summed E-state index contributed by atoms with van der Waals surface area (Å²) in [5.74, 6) is 0.749. The molecule has 0 aromatic carbocycles. The van der Waals surface area contributed by atoms with Crippen molar-refractivity contribution < 1.29 is 0 Å². The third-order valence-corrected chi connectivity index (χ3v) is 2.68. The van der Waals surface area contributed by atoms with Gasteiger partial charge in [0.1, 0.15) is 0 Å². The Morgan fingerprint density at radius 1 is 1.12 bits per heavy atom. The maximum Gasteiger partial charge on any atom is 0.172 e. The molecule has 90 valence electrons. The fourth-order valence-electron chi connectivity index (χ4n) is 1.66. The second kappa shape index (κ2) is 5.05. The normalized spacial score (nSPS) is 10.8. The molecule has 2 N–H and O–H groups in total. The van der Waals surface area contributed by atoms with Gasteiger partial charge >= 0.3 is 0 Å². The predicted octanol–water partition coefficient (Wildman–Crippen LogP) is 1.25. The number of hydrogen-bond acceptors (Lipinski definition) is 4. The summed E-state index contributed by atoms with van der Waals surface area (Å²) in [6.45, 7) is 4.61. The minimum atomic E-state index is 0.410. The Morgan fingerprint density at radius 3 is 2.47 bits per heavy atom. The Bertz CT molecular complexity index is 486. The molecule has 0 atom stereocenters. The van der Waals surface area contributed by atoms with Crippen molar-refractivity contribution >= 4 is 0 Å². The van der Waals surface area contributed by atoms with E-state index in [1.54, 1.807) is 12.4 Å². The second-order valence-electron chi connectivity index (χ2n) is 3.82. The number of nitrogens with two attached hydrogens (primary N) is 1. The van der Waals surface area contributed by atoms with Crippen LogP contribution in [-0.2, 0) is 19.4 Å². The van der Waals surface area contributed by atoms with Crippen LogP contribution in [0.1, 0.15) is 30.9 Å². The summed E-state index contributed by atoms with van der Waals surface area (Å²) in [4.78, 5) is 8.57. The zero-order valence-electron chi connectivity index (χ0n) is 10.2. The first-order chi connectivity index (χ1) is 8.28. The number of nitrogens with zero attached hydrogens (tertiary/aromatic N) is 4. The van der Waals surface area contributed by atoms with Crippen LogP contribution in [0.5, 0.6) is 0 Å². The number of aromatic nitrogens is 4. The number of rotatable bonds is 4. The average Bonchev–Trinajstić information content (AvgIpc) is 2.82. The fraction of sp³-hybridized carbons (Fsp3) is 0.417. The lowest BCUT2D eigenvalue weighted by atomic mass is 10.3. The van der Waals surface area contributed by atoms with Crippen LogP contribution < -0.4 is 5.73 Å². The summed E-state index contributed by atoms with van der Waals surface area (Å²) in [6, 6.07) is 2.11. The molecule has 0 aliphatic rings. The summed E-state index contributed by atoms with van der Waals surface area (Å²) >= 11 is 0. The molecule has 0 amide bonds. The zero-order valence-corrected chi connectivity index (χ0v) is 10.2. The molecule has 2 rings (SSSR count). The quantitative estimate of drug-likeness (QED) is 0.859. The van der Waals surface area contributed by atoms with Crippen molar-refractivity contribution in [1.82, 2.24) is 19.7 Å². The van der Waals surface area contributed by atoms with Crippen molar-refractivity contribution in [3.8, 4) is 5.82 Å². The maximum absolute atomic E-state index is 5.50. The molecular weight excluding hydrogens is 214 g/mol. The van der Waals surface area contributed by atoms with Crippen LogP contribution >= 0.6 is 0 Å². The van der Waals surface area contributed by atoms with E-state index in [-0.39, 0.29) is 0 Å². The molecule has 17 heavy (non-hydrogen) atoms. The lowest BCUT2D eigenvalue weighted by Crippen LogP contribution is -2.07. The highest BCUT2D eigenvalue weighted by molar-refractivity contribution is 5.24. The van der Waals surface area contributed by atoms with Crippen molar-refractivity contribution in [2.75, 3.05) is 0 Å². The van der Waals surface area contributed by atoms with Crippen molar-refractivity contribution in [3.63, 3.8) is 0 Å². The van der Waals surface area contributed by atoms with Crippen molar-refractivity contribution in [2.24, 2.45) is 5.73 Å². The van der Waals surface area contributed by atoms with Crippen LogP contribution in [0.15, 0.2) is 18.5 Å². The van der Waals surface area contributed by atoms with Crippen LogP contribution in [0.25, 0.3) is 5.82 Å². The Balaban J connectivity index is 2.40. The first kappa shape index (κ1) is 11.7. The summed E-state index contributed by atoms with van der Waals surface area (Å²) in [6.07, 6.45) is 5.26. The molecule has 2 aromatic heterocycles. The number of hydrogen-bond donors (Lipinski definition) is 1. The molecule has 0 aliphatic carbocycles. The molecule has 0 saturated carbocycles. The largest absolute Gasteiger partial charge is 0.325 e. The van der Waals surface area contributed by atoms with Gasteiger partial charge in [0.25, 0.3) is 0 Å². The third-order valence-electron chi connectivity index (χ3n) is 2.68. The Kier molecular flexibility index (Phi) is 3.49. The van der Waals surface area contributed by atoms with Gasteiger partial charge < -0.3 is 5.73 Å². The first-order valence-electron chi connectivity index (χ1n) is 5.87. The molecule has 0 radical (unpaired) electrons. The Morgan fingerprint density at radius 2 is 1.94 bits per heavy atom. The monoisotopic (exact) mass is 231 g/mol. The predicted molar refractivity (Wildman–Crippen MR) is 65.8 cm³/mol. The molecule has 0 bridgehead atoms. The average molecular weight is 231 g/mol. The van der Waals surface area contributed by atoms with Gasteiger partial charge in [0.15, 0.2) is 5.82 Å². The van der Waals surface area contributed by atoms with Crippen LogP contribution in [0, 0.1) is 0 Å². The summed E-state index contributed by atoms with van der Waals surface area (Å²) in [7, 11) is 0. The van der Waals surface area contributed by atoms with E-state index >= 15 is 0 Å². The highest BCUT2D eigenvalue weighted by atomic mass is 15.3. The van der Waals surface area contributed by atoms with E-state index in [1.165, 1.54) is 0 Å². The van der Waals surface area contributed by atoms with Gasteiger partial charge in [-0.25, -0.2) is 9.67 Å². The summed E-state index contributed by atoms with van der Waals surface area (Å²) < 4.78 is 1.85. The molecule has 2 aromatic rings. The highest BCUT2D eigenvalue weighted by Crippen LogP contribution is 2.11. The van der Waals surface area contributed by atoms with Gasteiger partial charge in [0, 0.05) is 12.2 Å². The van der Waals surface area contributed by atoms with Crippen LogP contribution in [0.4, 0.5) is 0 Å². The van der Waals surface area contributed by atoms with Crippen LogP contribution in [0.3, 0.4) is 0 Å². The van der Waals surface area contributed by atoms with Gasteiger partial charge in [-0.3, -0.25) is 4.98 Å². The molecule has 2 heterocycles. The van der Waals surface area contributed by atoms with Crippen LogP contribution in [0.2, 0.25) is 0 Å². The smallest absolute Gasteiger partial charge is 0.172 e. The van der Waals surface area contributed by atoms with Crippen LogP contribution in [-0.4, -0.2) is 19.7 Å². The molecule has 0 fully saturated rings. The number of aryl methyl sites for hydroxylation is 2. The second-order valence-corrected chi connectivity index (χ2v) is 3.82. The third kappa shape index (κ3) is 2.34. The van der Waals surface area contributed by atoms with E-state index in [0.29, 0.717) is 6.54 Å². The first-order valence-corrected chi connectivity index (χ1v) is 5.87. The van der Waals surface area contributed by atoms with E-state index < -0.39 is 0 Å². The van der Waals surface area contributed by atoms with Gasteiger partial charge in [-0.1, -0.05) is 13.8 Å². The summed E-state index contributed by atoms with van der Waals surface area (Å²) in [5.41, 5.74) is 8.51. The topological polar surface area (TPSA) is 69.6 Å². The molecule has 5 nitrogen and oxygen atoms in total. The van der Waals surface area contributed by atoms with Crippen molar-refractivity contribution in [2.45, 2.75) is 33.2 Å². The molecular formula is C12H17N5. The molecule has 0 aliphatic heterocycles. The standard InChI is InChI=1S/C12H17N5/c1-3-9-5-11(4-2)17(16-9)12-8-14-10(6-13)7-15-12/h5,7-8H,3-4,6,13H2,1-2H3. The molecule has 5 heteroatoms. The lowest BCUT2D eigenvalue weighted by Gasteiger charge is -2.04. The fourth-order valence-corrected chi connectivity index (χ4v) is 1.66. The molecule has 0 unspecified atom stereocenters. The summed E-state index contributed by atoms with van der Waals surface area (Å²) in [5, 5.41) is 4.51. The van der Waals surface area contributed by atoms with E-state index in [0.717, 1.165) is 35.7 Å². The SMILES string of the molecule is CCc1cc(CC)n(-c2cnc(CN)cn2)n1. The molecule has 0 saturated heterocycles. The molecule has 0 spiro atoms. The van der Waals surface area contributed by atoms with E-state index in [4.69, 9.17) is 5.73 Å². The van der Waals surface area contributed by atoms with Gasteiger partial charge in [0.2, 0.25) is 0 Å². The maximum atomic E-state index is 5.50. The van der Waals surface area contributed by atoms with Gasteiger partial charge in [-0.05, 0) is 18.9 Å². The Hall–Kier alpha value is -1.75. The minimum Gasteiger partial charge on any atom is -0.325 e. The Labute approximate surface area is 101 Å². The van der Waals surface area contributed by atoms with E-state index in [2.05, 4.69) is 35.0 Å². The van der Waals surface area contributed by atoms with Gasteiger partial charge in [-0.15, -0.1) is 0 Å².